The molecule has 0 heterocycles. The third-order valence-corrected chi connectivity index (χ3v) is 3.91. The van der Waals surface area contributed by atoms with Gasteiger partial charge in [-0.15, -0.1) is 11.8 Å². The van der Waals surface area contributed by atoms with Crippen LogP contribution in [0, 0.1) is 6.92 Å². The van der Waals surface area contributed by atoms with E-state index in [4.69, 9.17) is 0 Å². The van der Waals surface area contributed by atoms with Gasteiger partial charge in [0.15, 0.2) is 5.96 Å². The fourth-order valence-electron chi connectivity index (χ4n) is 1.60. The zero-order valence-electron chi connectivity index (χ0n) is 13.8. The van der Waals surface area contributed by atoms with Crippen LogP contribution < -0.4 is 10.6 Å². The maximum absolute atomic E-state index is 11.6. The van der Waals surface area contributed by atoms with Crippen molar-refractivity contribution in [2.75, 3.05) is 39.5 Å². The van der Waals surface area contributed by atoms with Crippen molar-refractivity contribution in [3.05, 3.63) is 29.8 Å². The number of likely N-dealkylation sites (N-methyl/N-ethyl adjacent to an activating group) is 1. The van der Waals surface area contributed by atoms with E-state index in [2.05, 4.69) is 46.8 Å². The van der Waals surface area contributed by atoms with Crippen molar-refractivity contribution in [3.8, 4) is 0 Å². The predicted molar refractivity (Wildman–Crippen MR) is 94.6 cm³/mol. The van der Waals surface area contributed by atoms with Crippen LogP contribution in [0.4, 0.5) is 0 Å². The van der Waals surface area contributed by atoms with Crippen molar-refractivity contribution in [1.29, 1.82) is 0 Å². The molecule has 0 spiro atoms. The van der Waals surface area contributed by atoms with Gasteiger partial charge in [0.2, 0.25) is 5.91 Å². The highest BCUT2D eigenvalue weighted by molar-refractivity contribution is 7.99. The Kier molecular flexibility index (Phi) is 8.43. The normalized spacial score (nSPS) is 11.2. The largest absolute Gasteiger partial charge is 0.357 e. The Hall–Kier alpha value is -1.69. The van der Waals surface area contributed by atoms with Gasteiger partial charge in [0, 0.05) is 37.8 Å². The minimum Gasteiger partial charge on any atom is -0.357 e. The number of thioether (sulfide) groups is 1. The van der Waals surface area contributed by atoms with E-state index >= 15 is 0 Å². The Morgan fingerprint density at radius 3 is 2.50 bits per heavy atom. The molecule has 1 aromatic carbocycles. The van der Waals surface area contributed by atoms with Crippen LogP contribution in [0.1, 0.15) is 12.5 Å². The molecule has 0 aromatic heterocycles. The van der Waals surface area contributed by atoms with Gasteiger partial charge in [-0.05, 0) is 26.0 Å². The fourth-order valence-corrected chi connectivity index (χ4v) is 2.37. The van der Waals surface area contributed by atoms with Crippen LogP contribution in [0.5, 0.6) is 0 Å². The number of aryl methyl sites for hydroxylation is 1. The molecular formula is C16H26N4OS. The van der Waals surface area contributed by atoms with Crippen molar-refractivity contribution in [1.82, 2.24) is 15.5 Å². The lowest BCUT2D eigenvalue weighted by Crippen LogP contribution is -2.39. The van der Waals surface area contributed by atoms with Crippen molar-refractivity contribution in [3.63, 3.8) is 0 Å². The number of amides is 1. The summed E-state index contributed by atoms with van der Waals surface area (Å²) in [6.07, 6.45) is 0. The Morgan fingerprint density at radius 2 is 1.91 bits per heavy atom. The van der Waals surface area contributed by atoms with E-state index in [-0.39, 0.29) is 12.5 Å². The number of hydrogen-bond donors (Lipinski definition) is 2. The van der Waals surface area contributed by atoms with Crippen LogP contribution in [0.25, 0.3) is 0 Å². The number of hydrogen-bond acceptors (Lipinski definition) is 3. The zero-order valence-corrected chi connectivity index (χ0v) is 14.7. The lowest BCUT2D eigenvalue weighted by atomic mass is 10.2. The summed E-state index contributed by atoms with van der Waals surface area (Å²) in [4.78, 5) is 18.6. The molecular weight excluding hydrogens is 296 g/mol. The third kappa shape index (κ3) is 7.36. The number of nitrogens with one attached hydrogen (secondary N) is 2. The molecule has 2 N–H and O–H groups in total. The number of rotatable bonds is 7. The van der Waals surface area contributed by atoms with Crippen LogP contribution in [-0.4, -0.2) is 56.2 Å². The maximum Gasteiger partial charge on any atom is 0.243 e. The molecule has 22 heavy (non-hydrogen) atoms. The summed E-state index contributed by atoms with van der Waals surface area (Å²) in [5, 5.41) is 6.39. The van der Waals surface area contributed by atoms with E-state index in [1.165, 1.54) is 10.5 Å². The number of benzene rings is 1. The van der Waals surface area contributed by atoms with Crippen LogP contribution in [0.3, 0.4) is 0 Å². The highest BCUT2D eigenvalue weighted by Crippen LogP contribution is 2.17. The highest BCUT2D eigenvalue weighted by atomic mass is 32.2. The molecule has 0 unspecified atom stereocenters. The van der Waals surface area contributed by atoms with Gasteiger partial charge >= 0.3 is 0 Å². The van der Waals surface area contributed by atoms with E-state index in [9.17, 15) is 4.79 Å². The third-order valence-electron chi connectivity index (χ3n) is 2.90. The van der Waals surface area contributed by atoms with Gasteiger partial charge in [0.1, 0.15) is 6.54 Å². The molecule has 0 atom stereocenters. The van der Waals surface area contributed by atoms with E-state index in [1.54, 1.807) is 30.8 Å². The van der Waals surface area contributed by atoms with Gasteiger partial charge in [0.25, 0.3) is 0 Å². The Morgan fingerprint density at radius 1 is 1.23 bits per heavy atom. The number of nitrogens with zero attached hydrogens (tertiary/aromatic N) is 2. The first kappa shape index (κ1) is 18.4. The number of carbonyl (C=O) groups is 1. The van der Waals surface area contributed by atoms with Crippen LogP contribution in [0.15, 0.2) is 34.2 Å². The average Bonchev–Trinajstić information content (AvgIpc) is 2.50. The molecule has 0 fully saturated rings. The van der Waals surface area contributed by atoms with Gasteiger partial charge in [-0.3, -0.25) is 4.79 Å². The Labute approximate surface area is 137 Å². The quantitative estimate of drug-likeness (QED) is 0.347. The second-order valence-electron chi connectivity index (χ2n) is 5.07. The number of aliphatic imine (C=N–C) groups is 1. The summed E-state index contributed by atoms with van der Waals surface area (Å²) in [6, 6.07) is 8.51. The molecule has 122 valence electrons. The monoisotopic (exact) mass is 322 g/mol. The van der Waals surface area contributed by atoms with Crippen LogP contribution >= 0.6 is 11.8 Å². The summed E-state index contributed by atoms with van der Waals surface area (Å²) < 4.78 is 0. The van der Waals surface area contributed by atoms with E-state index in [1.807, 2.05) is 6.92 Å². The topological polar surface area (TPSA) is 56.7 Å². The molecule has 0 aliphatic carbocycles. The first-order valence-corrected chi connectivity index (χ1v) is 8.43. The lowest BCUT2D eigenvalue weighted by molar-refractivity contribution is -0.127. The lowest BCUT2D eigenvalue weighted by Gasteiger charge is -2.12. The summed E-state index contributed by atoms with van der Waals surface area (Å²) in [6.45, 7) is 5.82. The summed E-state index contributed by atoms with van der Waals surface area (Å²) in [5.41, 5.74) is 1.27. The minimum absolute atomic E-state index is 0.00812. The second-order valence-corrected chi connectivity index (χ2v) is 6.24. The maximum atomic E-state index is 11.6. The second kappa shape index (κ2) is 10.1. The first-order valence-electron chi connectivity index (χ1n) is 7.44. The molecule has 1 rings (SSSR count). The van der Waals surface area contributed by atoms with Crippen molar-refractivity contribution < 1.29 is 4.79 Å². The molecule has 0 aliphatic rings. The molecule has 0 saturated heterocycles. The van der Waals surface area contributed by atoms with Crippen LogP contribution in [-0.2, 0) is 4.79 Å². The SMILES string of the molecule is CCNC(=NCC(=O)N(C)C)NCCSc1ccc(C)cc1. The minimum atomic E-state index is -0.00812. The molecule has 0 saturated carbocycles. The van der Waals surface area contributed by atoms with Crippen molar-refractivity contribution >= 4 is 23.6 Å². The molecule has 1 amide bonds. The van der Waals surface area contributed by atoms with E-state index in [0.717, 1.165) is 18.8 Å². The predicted octanol–water partition coefficient (Wildman–Crippen LogP) is 1.73. The summed E-state index contributed by atoms with van der Waals surface area (Å²) in [5.74, 6) is 1.61. The summed E-state index contributed by atoms with van der Waals surface area (Å²) in [7, 11) is 3.47. The molecule has 0 bridgehead atoms. The zero-order chi connectivity index (χ0) is 16.4. The van der Waals surface area contributed by atoms with Crippen molar-refractivity contribution in [2.24, 2.45) is 4.99 Å². The molecule has 5 nitrogen and oxygen atoms in total. The molecule has 1 aromatic rings. The number of carbonyl (C=O) groups excluding carboxylic acids is 1. The van der Waals surface area contributed by atoms with Gasteiger partial charge in [-0.25, -0.2) is 4.99 Å². The van der Waals surface area contributed by atoms with Crippen molar-refractivity contribution in [2.45, 2.75) is 18.7 Å². The van der Waals surface area contributed by atoms with Crippen LogP contribution in [0.2, 0.25) is 0 Å². The van der Waals surface area contributed by atoms with Gasteiger partial charge in [0.05, 0.1) is 0 Å². The average molecular weight is 322 g/mol. The smallest absolute Gasteiger partial charge is 0.243 e. The van der Waals surface area contributed by atoms with E-state index < -0.39 is 0 Å². The van der Waals surface area contributed by atoms with Gasteiger partial charge < -0.3 is 15.5 Å². The van der Waals surface area contributed by atoms with E-state index in [0.29, 0.717) is 5.96 Å². The molecule has 0 aliphatic heterocycles. The Balaban J connectivity index is 2.36. The summed E-state index contributed by atoms with van der Waals surface area (Å²) >= 11 is 1.80. The Bertz CT molecular complexity index is 485. The fraction of sp³-hybridized carbons (Fsp3) is 0.500. The van der Waals surface area contributed by atoms with Gasteiger partial charge in [-0.1, -0.05) is 17.7 Å². The highest BCUT2D eigenvalue weighted by Gasteiger charge is 2.03. The molecule has 0 radical (unpaired) electrons. The standard InChI is InChI=1S/C16H26N4OS/c1-5-17-16(19-12-15(21)20(3)4)18-10-11-22-14-8-6-13(2)7-9-14/h6-9H,5,10-12H2,1-4H3,(H2,17,18,19). The first-order chi connectivity index (χ1) is 10.5. The number of guanidine groups is 1. The molecule has 6 heteroatoms. The van der Waals surface area contributed by atoms with Gasteiger partial charge in [-0.2, -0.15) is 0 Å².